The lowest BCUT2D eigenvalue weighted by Gasteiger charge is -2.26. The van der Waals surface area contributed by atoms with Gasteiger partial charge in [-0.25, -0.2) is 0 Å². The Morgan fingerprint density at radius 3 is 1.90 bits per heavy atom. The Bertz CT molecular complexity index is 968. The molecule has 0 amide bonds. The first-order valence-electron chi connectivity index (χ1n) is 10.7. The second kappa shape index (κ2) is 8.25. The number of benzene rings is 1. The summed E-state index contributed by atoms with van der Waals surface area (Å²) in [4.78, 5) is 0. The number of rotatable bonds is 6. The summed E-state index contributed by atoms with van der Waals surface area (Å²) in [6, 6.07) is 17.0. The minimum Gasteiger partial charge on any atom is -0.159 e. The summed E-state index contributed by atoms with van der Waals surface area (Å²) in [5, 5.41) is 17.8. The van der Waals surface area contributed by atoms with Crippen molar-refractivity contribution in [1.29, 1.82) is 0 Å². The highest BCUT2D eigenvalue weighted by molar-refractivity contribution is 5.27. The monoisotopic (exact) mass is 402 g/mol. The zero-order chi connectivity index (χ0) is 22.0. The Morgan fingerprint density at radius 2 is 1.30 bits per heavy atom. The van der Waals surface area contributed by atoms with Gasteiger partial charge in [-0.05, 0) is 40.2 Å². The minimum absolute atomic E-state index is 0.00988. The van der Waals surface area contributed by atoms with Crippen LogP contribution in [0.2, 0.25) is 0 Å². The summed E-state index contributed by atoms with van der Waals surface area (Å²) in [6.07, 6.45) is 3.48. The van der Waals surface area contributed by atoms with Crippen LogP contribution in [-0.4, -0.2) is 20.4 Å². The van der Waals surface area contributed by atoms with Crippen LogP contribution in [-0.2, 0) is 29.1 Å². The van der Waals surface area contributed by atoms with Crippen LogP contribution in [0.5, 0.6) is 0 Å². The Labute approximate surface area is 181 Å². The van der Waals surface area contributed by atoms with E-state index in [1.165, 1.54) is 11.1 Å². The highest BCUT2D eigenvalue weighted by atomic mass is 15.1. The average Bonchev–Trinajstić information content (AvgIpc) is 2.68. The molecule has 3 aromatic rings. The van der Waals surface area contributed by atoms with Gasteiger partial charge in [0.25, 0.3) is 0 Å². The van der Waals surface area contributed by atoms with Crippen molar-refractivity contribution >= 4 is 0 Å². The normalized spacial score (nSPS) is 12.8. The quantitative estimate of drug-likeness (QED) is 0.538. The number of aromatic nitrogens is 4. The molecule has 0 atom stereocenters. The molecular weight excluding hydrogens is 368 g/mol. The molecule has 0 unspecified atom stereocenters. The molecule has 0 aliphatic carbocycles. The van der Waals surface area contributed by atoms with Crippen molar-refractivity contribution in [2.75, 3.05) is 0 Å². The molecular formula is C26H34N4. The van der Waals surface area contributed by atoms with E-state index in [9.17, 15) is 0 Å². The molecule has 0 saturated heterocycles. The zero-order valence-electron chi connectivity index (χ0n) is 19.4. The summed E-state index contributed by atoms with van der Waals surface area (Å²) in [5.41, 5.74) is 5.39. The molecule has 158 valence electrons. The van der Waals surface area contributed by atoms with Gasteiger partial charge >= 0.3 is 0 Å². The maximum Gasteiger partial charge on any atom is 0.0691 e. The highest BCUT2D eigenvalue weighted by Gasteiger charge is 2.27. The van der Waals surface area contributed by atoms with Crippen LogP contribution in [0.1, 0.15) is 76.7 Å². The van der Waals surface area contributed by atoms with Crippen LogP contribution in [0.3, 0.4) is 0 Å². The maximum absolute atomic E-state index is 4.60. The SMILES string of the molecule is CC(C)(C)c1cnnc(CC(C)(C)c2ccc(CC(C)(C)c3ccccc3)nn2)c1. The summed E-state index contributed by atoms with van der Waals surface area (Å²) >= 11 is 0. The molecule has 2 heterocycles. The number of hydrogen-bond donors (Lipinski definition) is 0. The van der Waals surface area contributed by atoms with Crippen LogP contribution < -0.4 is 0 Å². The van der Waals surface area contributed by atoms with E-state index in [0.717, 1.165) is 29.9 Å². The van der Waals surface area contributed by atoms with Gasteiger partial charge in [-0.1, -0.05) is 78.8 Å². The van der Waals surface area contributed by atoms with Gasteiger partial charge in [-0.2, -0.15) is 20.4 Å². The largest absolute Gasteiger partial charge is 0.159 e. The van der Waals surface area contributed by atoms with E-state index in [1.54, 1.807) is 0 Å². The molecule has 0 aliphatic rings. The van der Waals surface area contributed by atoms with Gasteiger partial charge in [0.2, 0.25) is 0 Å². The zero-order valence-corrected chi connectivity index (χ0v) is 19.4. The topological polar surface area (TPSA) is 51.6 Å². The Kier molecular flexibility index (Phi) is 6.07. The molecule has 3 rings (SSSR count). The van der Waals surface area contributed by atoms with Crippen LogP contribution >= 0.6 is 0 Å². The first-order chi connectivity index (χ1) is 14.0. The van der Waals surface area contributed by atoms with E-state index in [0.29, 0.717) is 0 Å². The predicted octanol–water partition coefficient (Wildman–Crippen LogP) is 5.60. The van der Waals surface area contributed by atoms with Crippen LogP contribution in [0.4, 0.5) is 0 Å². The standard InChI is InChI=1S/C26H34N4/c1-24(2,3)20-15-22(28-27-18-20)17-26(6,7)23-14-13-21(29-30-23)16-25(4,5)19-11-9-8-10-12-19/h8-15,18H,16-17H2,1-7H3. The first kappa shape index (κ1) is 22.1. The van der Waals surface area contributed by atoms with Gasteiger partial charge in [0.05, 0.1) is 23.3 Å². The van der Waals surface area contributed by atoms with Crippen molar-refractivity contribution in [3.8, 4) is 0 Å². The van der Waals surface area contributed by atoms with Crippen LogP contribution in [0, 0.1) is 0 Å². The van der Waals surface area contributed by atoms with E-state index in [1.807, 2.05) is 6.20 Å². The van der Waals surface area contributed by atoms with E-state index in [-0.39, 0.29) is 16.2 Å². The molecule has 4 nitrogen and oxygen atoms in total. The molecule has 0 radical (unpaired) electrons. The Balaban J connectivity index is 1.75. The van der Waals surface area contributed by atoms with Crippen LogP contribution in [0.25, 0.3) is 0 Å². The average molecular weight is 403 g/mol. The first-order valence-corrected chi connectivity index (χ1v) is 10.7. The third-order valence-electron chi connectivity index (χ3n) is 5.79. The lowest BCUT2D eigenvalue weighted by Crippen LogP contribution is -2.25. The van der Waals surface area contributed by atoms with E-state index in [2.05, 4.69) is 117 Å². The highest BCUT2D eigenvalue weighted by Crippen LogP contribution is 2.29. The van der Waals surface area contributed by atoms with E-state index in [4.69, 9.17) is 0 Å². The molecule has 0 fully saturated rings. The predicted molar refractivity (Wildman–Crippen MR) is 123 cm³/mol. The number of nitrogens with zero attached hydrogens (tertiary/aromatic N) is 4. The van der Waals surface area contributed by atoms with Gasteiger partial charge in [0.1, 0.15) is 0 Å². The lowest BCUT2D eigenvalue weighted by atomic mass is 9.80. The minimum atomic E-state index is -0.175. The van der Waals surface area contributed by atoms with E-state index < -0.39 is 0 Å². The third kappa shape index (κ3) is 5.29. The van der Waals surface area contributed by atoms with Gasteiger partial charge in [-0.15, -0.1) is 0 Å². The molecule has 2 aromatic heterocycles. The molecule has 1 aromatic carbocycles. The van der Waals surface area contributed by atoms with Crippen molar-refractivity contribution in [2.45, 2.75) is 77.6 Å². The van der Waals surface area contributed by atoms with Crippen molar-refractivity contribution in [2.24, 2.45) is 0 Å². The van der Waals surface area contributed by atoms with Crippen molar-refractivity contribution in [3.05, 3.63) is 82.9 Å². The molecule has 0 bridgehead atoms. The smallest absolute Gasteiger partial charge is 0.0691 e. The fourth-order valence-corrected chi connectivity index (χ4v) is 3.71. The molecule has 30 heavy (non-hydrogen) atoms. The van der Waals surface area contributed by atoms with Gasteiger partial charge in [0.15, 0.2) is 0 Å². The van der Waals surface area contributed by atoms with Crippen molar-refractivity contribution < 1.29 is 0 Å². The molecule has 4 heteroatoms. The fourth-order valence-electron chi connectivity index (χ4n) is 3.71. The summed E-state index contributed by atoms with van der Waals surface area (Å²) in [5.74, 6) is 0. The molecule has 0 aliphatic heterocycles. The molecule has 0 N–H and O–H groups in total. The second-order valence-corrected chi connectivity index (χ2v) is 10.6. The second-order valence-electron chi connectivity index (χ2n) is 10.6. The van der Waals surface area contributed by atoms with Crippen molar-refractivity contribution in [3.63, 3.8) is 0 Å². The van der Waals surface area contributed by atoms with Crippen molar-refractivity contribution in [1.82, 2.24) is 20.4 Å². The van der Waals surface area contributed by atoms with Crippen LogP contribution in [0.15, 0.2) is 54.7 Å². The lowest BCUT2D eigenvalue weighted by molar-refractivity contribution is 0.478. The number of hydrogen-bond acceptors (Lipinski definition) is 4. The molecule has 0 spiro atoms. The van der Waals surface area contributed by atoms with Gasteiger partial charge in [-0.3, -0.25) is 0 Å². The maximum atomic E-state index is 4.60. The summed E-state index contributed by atoms with van der Waals surface area (Å²) < 4.78 is 0. The van der Waals surface area contributed by atoms with Gasteiger partial charge in [0, 0.05) is 18.3 Å². The Hall–Kier alpha value is -2.62. The Morgan fingerprint density at radius 1 is 0.633 bits per heavy atom. The third-order valence-corrected chi connectivity index (χ3v) is 5.79. The van der Waals surface area contributed by atoms with Gasteiger partial charge < -0.3 is 0 Å². The van der Waals surface area contributed by atoms with E-state index >= 15 is 0 Å². The summed E-state index contributed by atoms with van der Waals surface area (Å²) in [6.45, 7) is 15.5. The summed E-state index contributed by atoms with van der Waals surface area (Å²) in [7, 11) is 0. The molecule has 0 saturated carbocycles. The fraction of sp³-hybridized carbons (Fsp3) is 0.462.